The third-order valence-corrected chi connectivity index (χ3v) is 4.85. The summed E-state index contributed by atoms with van der Waals surface area (Å²) in [6, 6.07) is 15.0. The maximum absolute atomic E-state index is 13.5. The molecule has 0 spiro atoms. The van der Waals surface area contributed by atoms with Crippen molar-refractivity contribution in [3.63, 3.8) is 0 Å². The van der Waals surface area contributed by atoms with Crippen molar-refractivity contribution in [1.82, 2.24) is 15.3 Å². The van der Waals surface area contributed by atoms with E-state index in [1.54, 1.807) is 18.2 Å². The molecule has 7 nitrogen and oxygen atoms in total. The first-order valence-electron chi connectivity index (χ1n) is 9.59. The van der Waals surface area contributed by atoms with Crippen molar-refractivity contribution in [2.24, 2.45) is 0 Å². The minimum Gasteiger partial charge on any atom is -0.355 e. The highest BCUT2D eigenvalue weighted by Gasteiger charge is 2.16. The monoisotopic (exact) mass is 417 g/mol. The number of H-pyrrole nitrogens is 1. The van der Waals surface area contributed by atoms with Crippen LogP contribution in [0.3, 0.4) is 0 Å². The lowest BCUT2D eigenvalue weighted by atomic mass is 10.2. The van der Waals surface area contributed by atoms with Crippen LogP contribution in [0.15, 0.2) is 60.8 Å². The molecule has 31 heavy (non-hydrogen) atoms. The topological polar surface area (TPSA) is 98.9 Å². The van der Waals surface area contributed by atoms with Crippen LogP contribution in [-0.2, 0) is 0 Å². The van der Waals surface area contributed by atoms with Crippen molar-refractivity contribution in [2.45, 2.75) is 6.92 Å². The number of nitrogens with one attached hydrogen (secondary N) is 4. The molecule has 156 valence electrons. The third-order valence-electron chi connectivity index (χ3n) is 4.85. The molecule has 0 aliphatic heterocycles. The van der Waals surface area contributed by atoms with E-state index in [1.165, 1.54) is 25.4 Å². The molecular formula is C23H20FN5O2. The summed E-state index contributed by atoms with van der Waals surface area (Å²) in [5.41, 5.74) is 3.34. The Bertz CT molecular complexity index is 1300. The van der Waals surface area contributed by atoms with Crippen LogP contribution in [0.5, 0.6) is 0 Å². The molecule has 8 heteroatoms. The largest absolute Gasteiger partial charge is 0.355 e. The van der Waals surface area contributed by atoms with E-state index in [2.05, 4.69) is 25.9 Å². The normalized spacial score (nSPS) is 10.7. The summed E-state index contributed by atoms with van der Waals surface area (Å²) in [6.07, 6.45) is 1.43. The van der Waals surface area contributed by atoms with Gasteiger partial charge in [-0.15, -0.1) is 0 Å². The van der Waals surface area contributed by atoms with Gasteiger partial charge in [-0.1, -0.05) is 18.2 Å². The Morgan fingerprint density at radius 2 is 1.81 bits per heavy atom. The van der Waals surface area contributed by atoms with Crippen LogP contribution >= 0.6 is 0 Å². The number of carbonyl (C=O) groups excluding carboxylic acids is 2. The number of halogens is 1. The second kappa shape index (κ2) is 8.27. The zero-order valence-corrected chi connectivity index (χ0v) is 16.9. The van der Waals surface area contributed by atoms with E-state index in [0.29, 0.717) is 28.0 Å². The lowest BCUT2D eigenvalue weighted by Crippen LogP contribution is -2.20. The quantitative estimate of drug-likeness (QED) is 0.388. The minimum absolute atomic E-state index is 0.257. The Morgan fingerprint density at radius 3 is 2.58 bits per heavy atom. The molecular weight excluding hydrogens is 397 g/mol. The standard InChI is InChI=1S/C23H20FN5O2/c1-13-5-3-4-6-17(13)28-21-19(11-15(12-26-21)22(30)25-2)29-23(31)20-10-14-9-16(24)7-8-18(14)27-20/h3-12,27H,1-2H3,(H,25,30)(H,26,28)(H,29,31). The van der Waals surface area contributed by atoms with Crippen molar-refractivity contribution in [3.05, 3.63) is 83.4 Å². The number of aromatic nitrogens is 2. The molecule has 4 rings (SSSR count). The second-order valence-electron chi connectivity index (χ2n) is 7.01. The van der Waals surface area contributed by atoms with Crippen molar-refractivity contribution < 1.29 is 14.0 Å². The lowest BCUT2D eigenvalue weighted by Gasteiger charge is -2.14. The van der Waals surface area contributed by atoms with Gasteiger partial charge in [0.05, 0.1) is 11.3 Å². The fourth-order valence-electron chi connectivity index (χ4n) is 3.18. The van der Waals surface area contributed by atoms with Gasteiger partial charge in [0.1, 0.15) is 11.5 Å². The van der Waals surface area contributed by atoms with Gasteiger partial charge in [0.15, 0.2) is 5.82 Å². The summed E-state index contributed by atoms with van der Waals surface area (Å²) in [5, 5.41) is 9.12. The van der Waals surface area contributed by atoms with Gasteiger partial charge in [-0.05, 0) is 48.9 Å². The SMILES string of the molecule is CNC(=O)c1cnc(Nc2ccccc2C)c(NC(=O)c2cc3cc(F)ccc3[nH]2)c1. The maximum atomic E-state index is 13.5. The van der Waals surface area contributed by atoms with Gasteiger partial charge >= 0.3 is 0 Å². The number of fused-ring (bicyclic) bond motifs is 1. The molecule has 4 N–H and O–H groups in total. The molecule has 2 aromatic carbocycles. The number of para-hydroxylation sites is 1. The zero-order valence-electron chi connectivity index (χ0n) is 16.9. The number of aryl methyl sites for hydroxylation is 1. The summed E-state index contributed by atoms with van der Waals surface area (Å²) in [5.74, 6) is -0.769. The van der Waals surface area contributed by atoms with Crippen LogP contribution in [0.25, 0.3) is 10.9 Å². The third kappa shape index (κ3) is 4.23. The minimum atomic E-state index is -0.444. The average molecular weight is 417 g/mol. The Morgan fingerprint density at radius 1 is 1.00 bits per heavy atom. The first-order chi connectivity index (χ1) is 14.9. The van der Waals surface area contributed by atoms with Crippen LogP contribution in [0.1, 0.15) is 26.4 Å². The number of rotatable bonds is 5. The number of hydrogen-bond donors (Lipinski definition) is 4. The predicted octanol–water partition coefficient (Wildman–Crippen LogP) is 4.37. The van der Waals surface area contributed by atoms with Crippen LogP contribution < -0.4 is 16.0 Å². The smallest absolute Gasteiger partial charge is 0.272 e. The fraction of sp³-hybridized carbons (Fsp3) is 0.0870. The van der Waals surface area contributed by atoms with Gasteiger partial charge in [0.25, 0.3) is 11.8 Å². The van der Waals surface area contributed by atoms with Gasteiger partial charge in [-0.25, -0.2) is 9.37 Å². The van der Waals surface area contributed by atoms with E-state index < -0.39 is 5.91 Å². The molecule has 2 aromatic heterocycles. The number of anilines is 3. The molecule has 0 atom stereocenters. The first-order valence-corrected chi connectivity index (χ1v) is 9.59. The van der Waals surface area contributed by atoms with E-state index in [4.69, 9.17) is 0 Å². The van der Waals surface area contributed by atoms with Gasteiger partial charge in [-0.3, -0.25) is 9.59 Å². The molecule has 0 saturated heterocycles. The molecule has 0 radical (unpaired) electrons. The van der Waals surface area contributed by atoms with Crippen molar-refractivity contribution in [1.29, 1.82) is 0 Å². The average Bonchev–Trinajstić information content (AvgIpc) is 3.19. The fourth-order valence-corrected chi connectivity index (χ4v) is 3.18. The Labute approximate surface area is 177 Å². The molecule has 2 amide bonds. The van der Waals surface area contributed by atoms with Gasteiger partial charge < -0.3 is 20.9 Å². The van der Waals surface area contributed by atoms with E-state index >= 15 is 0 Å². The molecule has 4 aromatic rings. The molecule has 0 bridgehead atoms. The number of carbonyl (C=O) groups is 2. The zero-order chi connectivity index (χ0) is 22.0. The highest BCUT2D eigenvalue weighted by atomic mass is 19.1. The van der Waals surface area contributed by atoms with Crippen LogP contribution in [0, 0.1) is 12.7 Å². The van der Waals surface area contributed by atoms with Crippen LogP contribution in [0.4, 0.5) is 21.6 Å². The van der Waals surface area contributed by atoms with Crippen molar-refractivity contribution in [3.8, 4) is 0 Å². The number of aromatic amines is 1. The molecule has 2 heterocycles. The molecule has 0 aliphatic carbocycles. The van der Waals surface area contributed by atoms with Gasteiger partial charge in [0, 0.05) is 29.8 Å². The number of nitrogens with zero attached hydrogens (tertiary/aromatic N) is 1. The summed E-state index contributed by atoms with van der Waals surface area (Å²) in [4.78, 5) is 32.3. The summed E-state index contributed by atoms with van der Waals surface area (Å²) in [6.45, 7) is 1.95. The number of benzene rings is 2. The molecule has 0 saturated carbocycles. The van der Waals surface area contributed by atoms with Crippen LogP contribution in [-0.4, -0.2) is 28.8 Å². The van der Waals surface area contributed by atoms with Crippen molar-refractivity contribution in [2.75, 3.05) is 17.7 Å². The van der Waals surface area contributed by atoms with E-state index in [9.17, 15) is 14.0 Å². The molecule has 0 unspecified atom stereocenters. The number of pyridine rings is 1. The summed E-state index contributed by atoms with van der Waals surface area (Å²) >= 11 is 0. The van der Waals surface area contributed by atoms with Crippen LogP contribution in [0.2, 0.25) is 0 Å². The van der Waals surface area contributed by atoms with Crippen molar-refractivity contribution >= 4 is 39.9 Å². The summed E-state index contributed by atoms with van der Waals surface area (Å²) < 4.78 is 13.5. The van der Waals surface area contributed by atoms with E-state index in [-0.39, 0.29) is 17.4 Å². The Hall–Kier alpha value is -4.20. The first kappa shape index (κ1) is 20.1. The maximum Gasteiger partial charge on any atom is 0.272 e. The predicted molar refractivity (Wildman–Crippen MR) is 118 cm³/mol. The lowest BCUT2D eigenvalue weighted by molar-refractivity contribution is 0.0961. The summed E-state index contributed by atoms with van der Waals surface area (Å²) in [7, 11) is 1.52. The van der Waals surface area contributed by atoms with E-state index in [1.807, 2.05) is 31.2 Å². The van der Waals surface area contributed by atoms with Gasteiger partial charge in [0.2, 0.25) is 0 Å². The highest BCUT2D eigenvalue weighted by Crippen LogP contribution is 2.27. The molecule has 0 fully saturated rings. The van der Waals surface area contributed by atoms with E-state index in [0.717, 1.165) is 11.3 Å². The second-order valence-corrected chi connectivity index (χ2v) is 7.01. The van der Waals surface area contributed by atoms with Gasteiger partial charge in [-0.2, -0.15) is 0 Å². The highest BCUT2D eigenvalue weighted by molar-refractivity contribution is 6.08. The Balaban J connectivity index is 1.69. The Kier molecular flexibility index (Phi) is 5.36. The molecule has 0 aliphatic rings. The number of hydrogen-bond acceptors (Lipinski definition) is 4. The number of amides is 2.